The normalized spacial score (nSPS) is 10.5. The molecule has 1 aromatic carbocycles. The lowest BCUT2D eigenvalue weighted by Gasteiger charge is -2.09. The van der Waals surface area contributed by atoms with Crippen LogP contribution >= 0.6 is 23.2 Å². The zero-order valence-electron chi connectivity index (χ0n) is 6.44. The molecule has 1 nitrogen and oxygen atoms in total. The smallest absolute Gasteiger partial charge is 0.387 e. The fourth-order valence-electron chi connectivity index (χ4n) is 0.880. The predicted octanol–water partition coefficient (Wildman–Crippen LogP) is 3.68. The van der Waals surface area contributed by atoms with E-state index in [0.717, 1.165) is 0 Å². The quantitative estimate of drug-likeness (QED) is 0.715. The highest BCUT2D eigenvalue weighted by atomic mass is 35.5. The van der Waals surface area contributed by atoms with Crippen molar-refractivity contribution in [3.63, 3.8) is 0 Å². The lowest BCUT2D eigenvalue weighted by atomic mass is 10.2. The first-order valence-electron chi connectivity index (χ1n) is 3.43. The van der Waals surface area contributed by atoms with Crippen LogP contribution in [0.1, 0.15) is 5.56 Å². The van der Waals surface area contributed by atoms with Crippen LogP contribution < -0.4 is 4.74 Å². The maximum Gasteiger partial charge on any atom is 0.387 e. The minimum absolute atomic E-state index is 0.0471. The molecular formula is C8H6Cl2F2O. The third kappa shape index (κ3) is 2.71. The maximum atomic E-state index is 11.9. The van der Waals surface area contributed by atoms with E-state index in [1.807, 2.05) is 0 Å². The second-order valence-electron chi connectivity index (χ2n) is 2.24. The molecule has 0 fully saturated rings. The van der Waals surface area contributed by atoms with Crippen molar-refractivity contribution < 1.29 is 13.5 Å². The fraction of sp³-hybridized carbons (Fsp3) is 0.250. The van der Waals surface area contributed by atoms with Gasteiger partial charge in [-0.1, -0.05) is 23.7 Å². The first-order valence-corrected chi connectivity index (χ1v) is 4.34. The highest BCUT2D eigenvalue weighted by Gasteiger charge is 2.12. The van der Waals surface area contributed by atoms with E-state index in [9.17, 15) is 8.78 Å². The molecule has 0 aliphatic heterocycles. The van der Waals surface area contributed by atoms with Crippen LogP contribution in [0.25, 0.3) is 0 Å². The molecular weight excluding hydrogens is 221 g/mol. The van der Waals surface area contributed by atoms with Gasteiger partial charge >= 0.3 is 6.61 Å². The average molecular weight is 227 g/mol. The molecule has 0 saturated heterocycles. The second-order valence-corrected chi connectivity index (χ2v) is 2.91. The molecule has 0 N–H and O–H groups in total. The molecule has 1 aromatic rings. The molecule has 0 saturated carbocycles. The van der Waals surface area contributed by atoms with Crippen LogP contribution in [-0.4, -0.2) is 6.61 Å². The summed E-state index contributed by atoms with van der Waals surface area (Å²) >= 11 is 11.1. The molecule has 5 heteroatoms. The van der Waals surface area contributed by atoms with E-state index < -0.39 is 6.61 Å². The number of benzene rings is 1. The number of hydrogen-bond donors (Lipinski definition) is 0. The van der Waals surface area contributed by atoms with Crippen LogP contribution in [0.3, 0.4) is 0 Å². The minimum atomic E-state index is -2.89. The molecule has 0 unspecified atom stereocenters. The summed E-state index contributed by atoms with van der Waals surface area (Å²) in [5.41, 5.74) is 0.453. The van der Waals surface area contributed by atoms with E-state index >= 15 is 0 Å². The van der Waals surface area contributed by atoms with E-state index in [4.69, 9.17) is 23.2 Å². The first kappa shape index (κ1) is 10.5. The highest BCUT2D eigenvalue weighted by molar-refractivity contribution is 6.32. The van der Waals surface area contributed by atoms with Crippen LogP contribution in [-0.2, 0) is 5.88 Å². The summed E-state index contributed by atoms with van der Waals surface area (Å²) in [4.78, 5) is 0. The summed E-state index contributed by atoms with van der Waals surface area (Å²) < 4.78 is 28.0. The van der Waals surface area contributed by atoms with Crippen molar-refractivity contribution in [2.75, 3.05) is 0 Å². The van der Waals surface area contributed by atoms with E-state index in [2.05, 4.69) is 4.74 Å². The largest absolute Gasteiger partial charge is 0.433 e. The third-order valence-electron chi connectivity index (χ3n) is 1.40. The van der Waals surface area contributed by atoms with Gasteiger partial charge in [0.25, 0.3) is 0 Å². The molecule has 0 atom stereocenters. The number of halogens is 4. The van der Waals surface area contributed by atoms with Gasteiger partial charge in [0.05, 0.1) is 10.9 Å². The number of hydrogen-bond acceptors (Lipinski definition) is 1. The zero-order valence-corrected chi connectivity index (χ0v) is 7.95. The van der Waals surface area contributed by atoms with Gasteiger partial charge in [-0.2, -0.15) is 8.78 Å². The Labute approximate surface area is 84.2 Å². The van der Waals surface area contributed by atoms with Crippen LogP contribution in [0, 0.1) is 0 Å². The predicted molar refractivity (Wildman–Crippen MR) is 47.6 cm³/mol. The van der Waals surface area contributed by atoms with Crippen molar-refractivity contribution in [1.82, 2.24) is 0 Å². The van der Waals surface area contributed by atoms with Gasteiger partial charge in [0.15, 0.2) is 0 Å². The molecule has 0 bridgehead atoms. The topological polar surface area (TPSA) is 9.23 Å². The van der Waals surface area contributed by atoms with Crippen molar-refractivity contribution in [2.45, 2.75) is 12.5 Å². The minimum Gasteiger partial charge on any atom is -0.433 e. The SMILES string of the molecule is FC(F)Oc1c(Cl)cccc1CCl. The van der Waals surface area contributed by atoms with Gasteiger partial charge in [0, 0.05) is 5.56 Å². The molecule has 0 heterocycles. The number of alkyl halides is 3. The summed E-state index contributed by atoms with van der Waals surface area (Å²) in [6, 6.07) is 4.67. The summed E-state index contributed by atoms with van der Waals surface area (Å²) in [5, 5.41) is 0.137. The Morgan fingerprint density at radius 2 is 2.08 bits per heavy atom. The molecule has 0 aromatic heterocycles. The Morgan fingerprint density at radius 3 is 2.62 bits per heavy atom. The van der Waals surface area contributed by atoms with E-state index in [0.29, 0.717) is 5.56 Å². The summed E-state index contributed by atoms with van der Waals surface area (Å²) in [7, 11) is 0. The Bertz CT molecular complexity index is 291. The van der Waals surface area contributed by atoms with Gasteiger partial charge < -0.3 is 4.74 Å². The van der Waals surface area contributed by atoms with Gasteiger partial charge in [0.1, 0.15) is 5.75 Å². The van der Waals surface area contributed by atoms with E-state index in [1.165, 1.54) is 6.07 Å². The molecule has 0 amide bonds. The molecule has 0 spiro atoms. The van der Waals surface area contributed by atoms with Crippen molar-refractivity contribution in [3.05, 3.63) is 28.8 Å². The van der Waals surface area contributed by atoms with E-state index in [-0.39, 0.29) is 16.7 Å². The zero-order chi connectivity index (χ0) is 9.84. The first-order chi connectivity index (χ1) is 6.15. The van der Waals surface area contributed by atoms with Crippen LogP contribution in [0.5, 0.6) is 5.75 Å². The molecule has 72 valence electrons. The van der Waals surface area contributed by atoms with Crippen LogP contribution in [0.4, 0.5) is 8.78 Å². The average Bonchev–Trinajstić information content (AvgIpc) is 2.08. The van der Waals surface area contributed by atoms with Crippen molar-refractivity contribution >= 4 is 23.2 Å². The highest BCUT2D eigenvalue weighted by Crippen LogP contribution is 2.30. The van der Waals surface area contributed by atoms with Gasteiger partial charge in [-0.05, 0) is 6.07 Å². The Balaban J connectivity index is 3.00. The Morgan fingerprint density at radius 1 is 1.38 bits per heavy atom. The summed E-state index contributed by atoms with van der Waals surface area (Å²) in [6.45, 7) is -2.89. The fourth-order valence-corrected chi connectivity index (χ4v) is 1.33. The van der Waals surface area contributed by atoms with Crippen molar-refractivity contribution in [1.29, 1.82) is 0 Å². The molecule has 0 aliphatic carbocycles. The van der Waals surface area contributed by atoms with Gasteiger partial charge in [0.2, 0.25) is 0 Å². The molecule has 13 heavy (non-hydrogen) atoms. The van der Waals surface area contributed by atoms with E-state index in [1.54, 1.807) is 12.1 Å². The van der Waals surface area contributed by atoms with Crippen LogP contribution in [0.2, 0.25) is 5.02 Å². The van der Waals surface area contributed by atoms with Gasteiger partial charge in [-0.25, -0.2) is 0 Å². The lowest BCUT2D eigenvalue weighted by molar-refractivity contribution is -0.0502. The second kappa shape index (κ2) is 4.63. The number of rotatable bonds is 3. The van der Waals surface area contributed by atoms with Crippen LogP contribution in [0.15, 0.2) is 18.2 Å². The number of ether oxygens (including phenoxy) is 1. The molecule has 1 rings (SSSR count). The maximum absolute atomic E-state index is 11.9. The summed E-state index contributed by atoms with van der Waals surface area (Å²) in [6.07, 6.45) is 0. The number of para-hydroxylation sites is 1. The van der Waals surface area contributed by atoms with Gasteiger partial charge in [-0.3, -0.25) is 0 Å². The van der Waals surface area contributed by atoms with Crippen molar-refractivity contribution in [3.8, 4) is 5.75 Å². The lowest BCUT2D eigenvalue weighted by Crippen LogP contribution is -2.04. The van der Waals surface area contributed by atoms with Gasteiger partial charge in [-0.15, -0.1) is 11.6 Å². The monoisotopic (exact) mass is 226 g/mol. The molecule has 0 radical (unpaired) electrons. The summed E-state index contributed by atoms with van der Waals surface area (Å²) in [5.74, 6) is 0.0389. The standard InChI is InChI=1S/C8H6Cl2F2O/c9-4-5-2-1-3-6(10)7(5)13-8(11)12/h1-3,8H,4H2. The Kier molecular flexibility index (Phi) is 3.75. The third-order valence-corrected chi connectivity index (χ3v) is 1.98. The Hall–Kier alpha value is -0.540. The van der Waals surface area contributed by atoms with Crippen molar-refractivity contribution in [2.24, 2.45) is 0 Å². The molecule has 0 aliphatic rings.